The summed E-state index contributed by atoms with van der Waals surface area (Å²) in [5, 5.41) is 12.3. The summed E-state index contributed by atoms with van der Waals surface area (Å²) in [6, 6.07) is 13.9. The third kappa shape index (κ3) is 4.89. The number of carboxylic acid groups (broad SMARTS) is 1. The number of fused-ring (bicyclic) bond motifs is 1. The lowest BCUT2D eigenvalue weighted by Crippen LogP contribution is -2.46. The molecule has 0 saturated carbocycles. The summed E-state index contributed by atoms with van der Waals surface area (Å²) in [5.74, 6) is -0.760. The van der Waals surface area contributed by atoms with Crippen molar-refractivity contribution < 1.29 is 23.1 Å². The number of nitrogens with one attached hydrogen (secondary N) is 1. The lowest BCUT2D eigenvalue weighted by atomic mass is 9.91. The highest BCUT2D eigenvalue weighted by molar-refractivity contribution is 6.29. The molecule has 1 aromatic carbocycles. The van der Waals surface area contributed by atoms with Crippen LogP contribution in [0.4, 0.5) is 24.7 Å². The molecule has 1 fully saturated rings. The molecule has 8 nitrogen and oxygen atoms in total. The van der Waals surface area contributed by atoms with Crippen molar-refractivity contribution in [2.75, 3.05) is 23.3 Å². The number of hydrogen-bond acceptors (Lipinski definition) is 6. The van der Waals surface area contributed by atoms with Crippen molar-refractivity contribution in [1.29, 1.82) is 0 Å². The van der Waals surface area contributed by atoms with Crippen molar-refractivity contribution in [2.45, 2.75) is 25.1 Å². The fourth-order valence-electron chi connectivity index (χ4n) is 4.48. The van der Waals surface area contributed by atoms with E-state index in [9.17, 15) is 27.9 Å². The van der Waals surface area contributed by atoms with Crippen molar-refractivity contribution >= 4 is 34.7 Å². The number of aromatic carboxylic acids is 1. The minimum Gasteiger partial charge on any atom is -0.476 e. The summed E-state index contributed by atoms with van der Waals surface area (Å²) in [7, 11) is 0. The number of carboxylic acids is 1. The highest BCUT2D eigenvalue weighted by atomic mass is 35.5. The standard InChI is InChI=1S/C26H21ClF3N5O3/c1-14(31-19-7-8-20(27)32-23(19)25(37)38)18-9-17(26(28,29)30)13-35-22(36)10-21(33-24(18)35)34-11-16(12-34)15-5-3-2-4-6-15/h2-10,13-14,16,31H,11-12H2,1H3,(H,37,38). The Bertz CT molecular complexity index is 1590. The van der Waals surface area contributed by atoms with Crippen molar-refractivity contribution in [3.8, 4) is 0 Å². The summed E-state index contributed by atoms with van der Waals surface area (Å²) in [5.41, 5.74) is -0.790. The van der Waals surface area contributed by atoms with Crippen LogP contribution in [0.5, 0.6) is 0 Å². The molecule has 196 valence electrons. The average Bonchev–Trinajstić information content (AvgIpc) is 2.83. The van der Waals surface area contributed by atoms with Crippen molar-refractivity contribution in [1.82, 2.24) is 14.4 Å². The Morgan fingerprint density at radius 1 is 1.13 bits per heavy atom. The molecule has 4 heterocycles. The highest BCUT2D eigenvalue weighted by Gasteiger charge is 2.34. The molecule has 38 heavy (non-hydrogen) atoms. The van der Waals surface area contributed by atoms with Gasteiger partial charge >= 0.3 is 12.1 Å². The number of benzene rings is 1. The van der Waals surface area contributed by atoms with Gasteiger partial charge in [0.05, 0.1) is 17.3 Å². The van der Waals surface area contributed by atoms with Crippen LogP contribution in [0.25, 0.3) is 5.65 Å². The summed E-state index contributed by atoms with van der Waals surface area (Å²) in [6.07, 6.45) is -4.00. The third-order valence-corrected chi connectivity index (χ3v) is 6.69. The molecule has 0 radical (unpaired) electrons. The van der Waals surface area contributed by atoms with Gasteiger partial charge in [-0.2, -0.15) is 13.2 Å². The van der Waals surface area contributed by atoms with E-state index < -0.39 is 29.3 Å². The van der Waals surface area contributed by atoms with E-state index in [0.717, 1.165) is 22.2 Å². The predicted molar refractivity (Wildman–Crippen MR) is 136 cm³/mol. The molecule has 2 N–H and O–H groups in total. The lowest BCUT2D eigenvalue weighted by Gasteiger charge is -2.40. The van der Waals surface area contributed by atoms with E-state index in [1.165, 1.54) is 18.2 Å². The number of carbonyl (C=O) groups is 1. The molecule has 1 aliphatic heterocycles. The van der Waals surface area contributed by atoms with Gasteiger partial charge in [0.25, 0.3) is 5.56 Å². The molecule has 1 atom stereocenters. The average molecular weight is 544 g/mol. The van der Waals surface area contributed by atoms with Crippen molar-refractivity contribution in [3.63, 3.8) is 0 Å². The molecule has 5 rings (SSSR count). The maximum Gasteiger partial charge on any atom is 0.417 e. The number of aromatic nitrogens is 3. The first kappa shape index (κ1) is 25.5. The highest BCUT2D eigenvalue weighted by Crippen LogP contribution is 2.35. The fraction of sp³-hybridized carbons (Fsp3) is 0.231. The molecule has 0 amide bonds. The quantitative estimate of drug-likeness (QED) is 0.321. The Morgan fingerprint density at radius 2 is 1.84 bits per heavy atom. The van der Waals surface area contributed by atoms with E-state index >= 15 is 0 Å². The van der Waals surface area contributed by atoms with Crippen LogP contribution in [-0.4, -0.2) is 38.5 Å². The molecular formula is C26H21ClF3N5O3. The Balaban J connectivity index is 1.55. The number of halogens is 4. The second-order valence-electron chi connectivity index (χ2n) is 9.04. The van der Waals surface area contributed by atoms with Crippen LogP contribution in [0.2, 0.25) is 5.15 Å². The van der Waals surface area contributed by atoms with Crippen LogP contribution in [0.15, 0.2) is 65.6 Å². The molecule has 1 aliphatic rings. The van der Waals surface area contributed by atoms with Crippen LogP contribution >= 0.6 is 11.6 Å². The van der Waals surface area contributed by atoms with E-state index in [4.69, 9.17) is 11.6 Å². The molecule has 0 bridgehead atoms. The van der Waals surface area contributed by atoms with Crippen molar-refractivity contribution in [3.05, 3.63) is 98.7 Å². The van der Waals surface area contributed by atoms with Crippen molar-refractivity contribution in [2.24, 2.45) is 0 Å². The van der Waals surface area contributed by atoms with E-state index in [-0.39, 0.29) is 33.7 Å². The largest absolute Gasteiger partial charge is 0.476 e. The van der Waals surface area contributed by atoms with Gasteiger partial charge in [-0.3, -0.25) is 9.20 Å². The summed E-state index contributed by atoms with van der Waals surface area (Å²) >= 11 is 5.82. The van der Waals surface area contributed by atoms with Crippen LogP contribution in [0.3, 0.4) is 0 Å². The second kappa shape index (κ2) is 9.64. The number of pyridine rings is 2. The van der Waals surface area contributed by atoms with Crippen LogP contribution < -0.4 is 15.8 Å². The minimum absolute atomic E-state index is 0.0301. The minimum atomic E-state index is -4.73. The van der Waals surface area contributed by atoms with Gasteiger partial charge in [-0.1, -0.05) is 41.9 Å². The monoisotopic (exact) mass is 543 g/mol. The zero-order valence-corrected chi connectivity index (χ0v) is 20.7. The first-order chi connectivity index (χ1) is 18.0. The van der Waals surface area contributed by atoms with Crippen LogP contribution in [-0.2, 0) is 6.18 Å². The van der Waals surface area contributed by atoms with Crippen LogP contribution in [0.1, 0.15) is 46.1 Å². The third-order valence-electron chi connectivity index (χ3n) is 6.48. The maximum atomic E-state index is 13.7. The predicted octanol–water partition coefficient (Wildman–Crippen LogP) is 5.24. The van der Waals surface area contributed by atoms with E-state index in [0.29, 0.717) is 18.9 Å². The SMILES string of the molecule is CC(Nc1ccc(Cl)nc1C(=O)O)c1cc(C(F)(F)F)cn2c(=O)cc(N3CC(c4ccccc4)C3)nc12. The summed E-state index contributed by atoms with van der Waals surface area (Å²) in [6.45, 7) is 2.76. The molecule has 3 aromatic heterocycles. The van der Waals surface area contributed by atoms with Gasteiger partial charge < -0.3 is 15.3 Å². The summed E-state index contributed by atoms with van der Waals surface area (Å²) in [4.78, 5) is 34.9. The topological polar surface area (TPSA) is 99.8 Å². The molecule has 1 unspecified atom stereocenters. The van der Waals surface area contributed by atoms with Gasteiger partial charge in [0.1, 0.15) is 16.6 Å². The number of rotatable bonds is 6. The normalized spacial score (nSPS) is 14.8. The van der Waals surface area contributed by atoms with Gasteiger partial charge in [0.2, 0.25) is 0 Å². The molecule has 0 spiro atoms. The van der Waals surface area contributed by atoms with Gasteiger partial charge in [-0.15, -0.1) is 0 Å². The fourth-order valence-corrected chi connectivity index (χ4v) is 4.63. The molecule has 12 heteroatoms. The Morgan fingerprint density at radius 3 is 2.50 bits per heavy atom. The Labute approximate surface area is 219 Å². The molecule has 0 aliphatic carbocycles. The van der Waals surface area contributed by atoms with Gasteiger partial charge in [-0.05, 0) is 30.7 Å². The zero-order valence-electron chi connectivity index (χ0n) is 19.9. The molecule has 4 aromatic rings. The number of anilines is 2. The molecular weight excluding hydrogens is 523 g/mol. The summed E-state index contributed by atoms with van der Waals surface area (Å²) < 4.78 is 42.1. The number of hydrogen-bond donors (Lipinski definition) is 2. The lowest BCUT2D eigenvalue weighted by molar-refractivity contribution is -0.137. The first-order valence-electron chi connectivity index (χ1n) is 11.6. The maximum absolute atomic E-state index is 13.7. The smallest absolute Gasteiger partial charge is 0.417 e. The molecule has 1 saturated heterocycles. The Hall–Kier alpha value is -4.12. The number of nitrogens with zero attached hydrogens (tertiary/aromatic N) is 4. The van der Waals surface area contributed by atoms with E-state index in [1.807, 2.05) is 35.2 Å². The van der Waals surface area contributed by atoms with Gasteiger partial charge in [0.15, 0.2) is 5.69 Å². The van der Waals surface area contributed by atoms with E-state index in [2.05, 4.69) is 15.3 Å². The van der Waals surface area contributed by atoms with Gasteiger partial charge in [-0.25, -0.2) is 14.8 Å². The van der Waals surface area contributed by atoms with Gasteiger partial charge in [0, 0.05) is 36.8 Å². The number of alkyl halides is 3. The van der Waals surface area contributed by atoms with E-state index in [1.54, 1.807) is 6.92 Å². The Kier molecular flexibility index (Phi) is 6.47. The van der Waals surface area contributed by atoms with Crippen LogP contribution in [0, 0.1) is 0 Å². The zero-order chi connectivity index (χ0) is 27.2. The second-order valence-corrected chi connectivity index (χ2v) is 9.43. The first-order valence-corrected chi connectivity index (χ1v) is 12.0.